The molecule has 22 heavy (non-hydrogen) atoms. The molecule has 1 aromatic rings. The quantitative estimate of drug-likeness (QED) is 0.891. The Bertz CT molecular complexity index is 466. The molecule has 5 heteroatoms. The Morgan fingerprint density at radius 3 is 2.64 bits per heavy atom. The highest BCUT2D eigenvalue weighted by atomic mass is 16.5. The van der Waals surface area contributed by atoms with Gasteiger partial charge in [0, 0.05) is 25.0 Å². The highest BCUT2D eigenvalue weighted by molar-refractivity contribution is 5.79. The summed E-state index contributed by atoms with van der Waals surface area (Å²) in [4.78, 5) is 16.2. The van der Waals surface area contributed by atoms with Gasteiger partial charge >= 0.3 is 0 Å². The summed E-state index contributed by atoms with van der Waals surface area (Å²) in [6, 6.07) is 4.10. The maximum absolute atomic E-state index is 12.2. The summed E-state index contributed by atoms with van der Waals surface area (Å²) in [6.45, 7) is 1.87. The zero-order chi connectivity index (χ0) is 15.2. The molecule has 2 heterocycles. The first-order valence-electron chi connectivity index (χ1n) is 8.39. The SMILES string of the molecule is O=C(NC1CCC(Oc2ccncc2)CC1)C1CCCNC1. The fourth-order valence-corrected chi connectivity index (χ4v) is 3.33. The minimum Gasteiger partial charge on any atom is -0.490 e. The van der Waals surface area contributed by atoms with Crippen LogP contribution in [-0.2, 0) is 4.79 Å². The highest BCUT2D eigenvalue weighted by Crippen LogP contribution is 2.24. The second kappa shape index (κ2) is 7.58. The third kappa shape index (κ3) is 4.19. The molecule has 1 amide bonds. The molecular formula is C17H25N3O2. The Kier molecular flexibility index (Phi) is 5.27. The zero-order valence-corrected chi connectivity index (χ0v) is 13.0. The van der Waals surface area contributed by atoms with E-state index in [0.29, 0.717) is 6.04 Å². The summed E-state index contributed by atoms with van der Waals surface area (Å²) in [7, 11) is 0. The van der Waals surface area contributed by atoms with Crippen molar-refractivity contribution < 1.29 is 9.53 Å². The molecule has 0 aromatic carbocycles. The van der Waals surface area contributed by atoms with Crippen LogP contribution in [0.2, 0.25) is 0 Å². The fourth-order valence-electron chi connectivity index (χ4n) is 3.33. The molecule has 1 aromatic heterocycles. The van der Waals surface area contributed by atoms with E-state index in [1.807, 2.05) is 12.1 Å². The number of piperidine rings is 1. The molecule has 2 N–H and O–H groups in total. The van der Waals surface area contributed by atoms with E-state index >= 15 is 0 Å². The van der Waals surface area contributed by atoms with Crippen molar-refractivity contribution in [2.24, 2.45) is 5.92 Å². The number of ether oxygens (including phenoxy) is 1. The van der Waals surface area contributed by atoms with E-state index in [1.54, 1.807) is 12.4 Å². The van der Waals surface area contributed by atoms with Gasteiger partial charge < -0.3 is 15.4 Å². The van der Waals surface area contributed by atoms with Crippen LogP contribution >= 0.6 is 0 Å². The van der Waals surface area contributed by atoms with Crippen LogP contribution in [0, 0.1) is 5.92 Å². The number of nitrogens with zero attached hydrogens (tertiary/aromatic N) is 1. The summed E-state index contributed by atoms with van der Waals surface area (Å²) in [5.41, 5.74) is 0. The third-order valence-electron chi connectivity index (χ3n) is 4.64. The fraction of sp³-hybridized carbons (Fsp3) is 0.647. The number of amides is 1. The molecule has 5 nitrogen and oxygen atoms in total. The van der Waals surface area contributed by atoms with Crippen molar-refractivity contribution >= 4 is 5.91 Å². The Balaban J connectivity index is 1.40. The molecule has 3 rings (SSSR count). The van der Waals surface area contributed by atoms with Crippen LogP contribution in [0.5, 0.6) is 5.75 Å². The van der Waals surface area contributed by atoms with Crippen LogP contribution in [-0.4, -0.2) is 36.1 Å². The standard InChI is InChI=1S/C17H25N3O2/c21-17(13-2-1-9-19-12-13)20-14-3-5-15(6-4-14)22-16-7-10-18-11-8-16/h7-8,10-11,13-15,19H,1-6,9,12H2,(H,20,21). The lowest BCUT2D eigenvalue weighted by Gasteiger charge is -2.31. The summed E-state index contributed by atoms with van der Waals surface area (Å²) >= 11 is 0. The Labute approximate surface area is 131 Å². The lowest BCUT2D eigenvalue weighted by atomic mass is 9.91. The molecule has 2 aliphatic rings. The molecule has 1 atom stereocenters. The van der Waals surface area contributed by atoms with E-state index in [9.17, 15) is 4.79 Å². The molecule has 1 saturated carbocycles. The summed E-state index contributed by atoms with van der Waals surface area (Å²) in [6.07, 6.45) is 9.87. The third-order valence-corrected chi connectivity index (χ3v) is 4.64. The first kappa shape index (κ1) is 15.3. The van der Waals surface area contributed by atoms with Crippen molar-refractivity contribution in [3.8, 4) is 5.75 Å². The average Bonchev–Trinajstić information content (AvgIpc) is 2.58. The monoisotopic (exact) mass is 303 g/mol. The minimum absolute atomic E-state index is 0.152. The smallest absolute Gasteiger partial charge is 0.224 e. The van der Waals surface area contributed by atoms with Crippen LogP contribution in [0.4, 0.5) is 0 Å². The van der Waals surface area contributed by atoms with Crippen LogP contribution in [0.1, 0.15) is 38.5 Å². The van der Waals surface area contributed by atoms with Crippen molar-refractivity contribution in [3.05, 3.63) is 24.5 Å². The lowest BCUT2D eigenvalue weighted by molar-refractivity contribution is -0.126. The molecular weight excluding hydrogens is 278 g/mol. The molecule has 120 valence electrons. The lowest BCUT2D eigenvalue weighted by Crippen LogP contribution is -2.46. The predicted molar refractivity (Wildman–Crippen MR) is 84.6 cm³/mol. The Morgan fingerprint density at radius 2 is 1.95 bits per heavy atom. The number of pyridine rings is 1. The Hall–Kier alpha value is -1.62. The van der Waals surface area contributed by atoms with Crippen LogP contribution in [0.15, 0.2) is 24.5 Å². The van der Waals surface area contributed by atoms with Crippen molar-refractivity contribution in [3.63, 3.8) is 0 Å². The normalized spacial score (nSPS) is 28.8. The number of aromatic nitrogens is 1. The van der Waals surface area contributed by atoms with Gasteiger partial charge in [-0.1, -0.05) is 0 Å². The maximum Gasteiger partial charge on any atom is 0.224 e. The van der Waals surface area contributed by atoms with Gasteiger partial charge in [0.05, 0.1) is 12.0 Å². The maximum atomic E-state index is 12.2. The molecule has 0 bridgehead atoms. The topological polar surface area (TPSA) is 63.2 Å². The van der Waals surface area contributed by atoms with Crippen LogP contribution in [0.3, 0.4) is 0 Å². The second-order valence-electron chi connectivity index (χ2n) is 6.33. The Morgan fingerprint density at radius 1 is 1.18 bits per heavy atom. The van der Waals surface area contributed by atoms with Crippen molar-refractivity contribution in [1.82, 2.24) is 15.6 Å². The number of nitrogens with one attached hydrogen (secondary N) is 2. The van der Waals surface area contributed by atoms with Crippen LogP contribution < -0.4 is 15.4 Å². The van der Waals surface area contributed by atoms with E-state index in [4.69, 9.17) is 4.74 Å². The van der Waals surface area contributed by atoms with Gasteiger partial charge in [-0.2, -0.15) is 0 Å². The number of hydrogen-bond donors (Lipinski definition) is 2. The summed E-state index contributed by atoms with van der Waals surface area (Å²) < 4.78 is 5.96. The minimum atomic E-state index is 0.152. The predicted octanol–water partition coefficient (Wildman–Crippen LogP) is 1.89. The molecule has 2 fully saturated rings. The molecule has 0 radical (unpaired) electrons. The van der Waals surface area contributed by atoms with Gasteiger partial charge in [-0.3, -0.25) is 9.78 Å². The van der Waals surface area contributed by atoms with E-state index < -0.39 is 0 Å². The molecule has 0 spiro atoms. The molecule has 1 unspecified atom stereocenters. The molecule has 1 aliphatic carbocycles. The second-order valence-corrected chi connectivity index (χ2v) is 6.33. The van der Waals surface area contributed by atoms with Gasteiger partial charge in [0.25, 0.3) is 0 Å². The molecule has 1 saturated heterocycles. The van der Waals surface area contributed by atoms with Crippen LogP contribution in [0.25, 0.3) is 0 Å². The number of hydrogen-bond acceptors (Lipinski definition) is 4. The highest BCUT2D eigenvalue weighted by Gasteiger charge is 2.27. The van der Waals surface area contributed by atoms with E-state index in [1.165, 1.54) is 0 Å². The number of rotatable bonds is 4. The van der Waals surface area contributed by atoms with E-state index in [2.05, 4.69) is 15.6 Å². The average molecular weight is 303 g/mol. The van der Waals surface area contributed by atoms with Gasteiger partial charge in [0.1, 0.15) is 5.75 Å². The zero-order valence-electron chi connectivity index (χ0n) is 13.0. The van der Waals surface area contributed by atoms with Gasteiger partial charge in [-0.15, -0.1) is 0 Å². The summed E-state index contributed by atoms with van der Waals surface area (Å²) in [5.74, 6) is 1.26. The first-order chi connectivity index (χ1) is 10.8. The van der Waals surface area contributed by atoms with Gasteiger partial charge in [-0.05, 0) is 57.2 Å². The largest absolute Gasteiger partial charge is 0.490 e. The van der Waals surface area contributed by atoms with Gasteiger partial charge in [0.15, 0.2) is 0 Å². The van der Waals surface area contributed by atoms with E-state index in [0.717, 1.165) is 57.4 Å². The van der Waals surface area contributed by atoms with Crippen molar-refractivity contribution in [1.29, 1.82) is 0 Å². The van der Waals surface area contributed by atoms with Crippen molar-refractivity contribution in [2.45, 2.75) is 50.7 Å². The first-order valence-corrected chi connectivity index (χ1v) is 8.39. The summed E-state index contributed by atoms with van der Waals surface area (Å²) in [5, 5.41) is 6.53. The molecule has 1 aliphatic heterocycles. The van der Waals surface area contributed by atoms with E-state index in [-0.39, 0.29) is 17.9 Å². The van der Waals surface area contributed by atoms with Gasteiger partial charge in [-0.25, -0.2) is 0 Å². The number of carbonyl (C=O) groups excluding carboxylic acids is 1. The van der Waals surface area contributed by atoms with Gasteiger partial charge in [0.2, 0.25) is 5.91 Å². The number of carbonyl (C=O) groups is 1. The van der Waals surface area contributed by atoms with Crippen molar-refractivity contribution in [2.75, 3.05) is 13.1 Å².